The molecule has 0 spiro atoms. The number of carbonyl (C=O) groups is 1. The topological polar surface area (TPSA) is 87.9 Å². The van der Waals surface area contributed by atoms with Crippen molar-refractivity contribution in [2.75, 3.05) is 23.7 Å². The van der Waals surface area contributed by atoms with Crippen molar-refractivity contribution in [2.45, 2.75) is 25.7 Å². The summed E-state index contributed by atoms with van der Waals surface area (Å²) in [6.45, 7) is 1.62. The summed E-state index contributed by atoms with van der Waals surface area (Å²) in [7, 11) is 0. The Morgan fingerprint density at radius 1 is 1.20 bits per heavy atom. The number of H-pyrrole nitrogens is 1. The number of hydrogen-bond donors (Lipinski definition) is 2. The van der Waals surface area contributed by atoms with E-state index in [0.717, 1.165) is 31.5 Å². The molecule has 0 aliphatic carbocycles. The zero-order chi connectivity index (χ0) is 18.0. The van der Waals surface area contributed by atoms with Crippen LogP contribution in [0.2, 0.25) is 15.1 Å². The van der Waals surface area contributed by atoms with Crippen molar-refractivity contribution in [2.24, 2.45) is 5.92 Å². The van der Waals surface area contributed by atoms with Crippen molar-refractivity contribution in [1.82, 2.24) is 15.2 Å². The van der Waals surface area contributed by atoms with E-state index in [-0.39, 0.29) is 12.2 Å². The number of nitrogens with two attached hydrogens (primary N) is 1. The highest BCUT2D eigenvalue weighted by Gasteiger charge is 2.24. The monoisotopic (exact) mass is 401 g/mol. The third-order valence-corrected chi connectivity index (χ3v) is 5.46. The maximum Gasteiger partial charge on any atom is 0.246 e. The Labute approximate surface area is 160 Å². The molecule has 0 bridgehead atoms. The van der Waals surface area contributed by atoms with E-state index in [2.05, 4.69) is 20.1 Å². The molecule has 0 radical (unpaired) electrons. The summed E-state index contributed by atoms with van der Waals surface area (Å²) in [6.07, 6.45) is 2.62. The van der Waals surface area contributed by atoms with Gasteiger partial charge in [0.25, 0.3) is 0 Å². The van der Waals surface area contributed by atoms with Crippen LogP contribution in [-0.4, -0.2) is 34.1 Å². The molecule has 1 fully saturated rings. The fourth-order valence-electron chi connectivity index (χ4n) is 3.05. The van der Waals surface area contributed by atoms with Crippen LogP contribution >= 0.6 is 34.8 Å². The number of aromatic amines is 1. The van der Waals surface area contributed by atoms with Crippen molar-refractivity contribution in [3.05, 3.63) is 32.8 Å². The number of anilines is 2. The minimum Gasteiger partial charge on any atom is -0.368 e. The highest BCUT2D eigenvalue weighted by Crippen LogP contribution is 2.30. The van der Waals surface area contributed by atoms with Crippen molar-refractivity contribution < 1.29 is 4.79 Å². The van der Waals surface area contributed by atoms with Crippen LogP contribution in [0.5, 0.6) is 0 Å². The van der Waals surface area contributed by atoms with E-state index in [1.807, 2.05) is 0 Å². The second-order valence-electron chi connectivity index (χ2n) is 6.23. The van der Waals surface area contributed by atoms with Crippen LogP contribution in [0.25, 0.3) is 0 Å². The summed E-state index contributed by atoms with van der Waals surface area (Å²) in [5.74, 6) is 1.43. The molecule has 25 heavy (non-hydrogen) atoms. The molecule has 1 aromatic heterocycles. The smallest absolute Gasteiger partial charge is 0.246 e. The summed E-state index contributed by atoms with van der Waals surface area (Å²) in [5, 5.41) is 7.98. The van der Waals surface area contributed by atoms with Gasteiger partial charge in [0.05, 0.1) is 10.0 Å². The number of hydrogen-bond acceptors (Lipinski definition) is 5. The minimum absolute atomic E-state index is 0.154. The number of aromatic nitrogens is 3. The first kappa shape index (κ1) is 18.3. The van der Waals surface area contributed by atoms with Gasteiger partial charge in [-0.25, -0.2) is 5.10 Å². The lowest BCUT2D eigenvalue weighted by Crippen LogP contribution is -2.35. The van der Waals surface area contributed by atoms with E-state index >= 15 is 0 Å². The fourth-order valence-corrected chi connectivity index (χ4v) is 3.69. The SMILES string of the molecule is Nc1nc(N2CCC(CC(=O)Cc3cc(Cl)c(Cl)cc3Cl)CC2)n[nH]1. The van der Waals surface area contributed by atoms with Crippen LogP contribution in [0.15, 0.2) is 12.1 Å². The van der Waals surface area contributed by atoms with Crippen LogP contribution in [0.1, 0.15) is 24.8 Å². The Bertz CT molecular complexity index is 771. The average Bonchev–Trinajstić information content (AvgIpc) is 3.00. The van der Waals surface area contributed by atoms with E-state index in [1.54, 1.807) is 12.1 Å². The molecule has 3 N–H and O–H groups in total. The van der Waals surface area contributed by atoms with Gasteiger partial charge in [-0.2, -0.15) is 4.98 Å². The number of halogens is 3. The van der Waals surface area contributed by atoms with E-state index in [9.17, 15) is 4.79 Å². The normalized spacial score (nSPS) is 15.6. The number of nitrogen functional groups attached to an aromatic ring is 1. The molecule has 0 saturated carbocycles. The summed E-state index contributed by atoms with van der Waals surface area (Å²) < 4.78 is 0. The van der Waals surface area contributed by atoms with Crippen LogP contribution in [0, 0.1) is 5.92 Å². The lowest BCUT2D eigenvalue weighted by Gasteiger charge is -2.30. The largest absolute Gasteiger partial charge is 0.368 e. The van der Waals surface area contributed by atoms with Gasteiger partial charge in [0, 0.05) is 31.0 Å². The first-order valence-electron chi connectivity index (χ1n) is 8.00. The Morgan fingerprint density at radius 3 is 2.52 bits per heavy atom. The zero-order valence-electron chi connectivity index (χ0n) is 13.4. The molecule has 0 unspecified atom stereocenters. The Balaban J connectivity index is 1.52. The number of nitrogens with one attached hydrogen (secondary N) is 1. The van der Waals surface area contributed by atoms with Gasteiger partial charge in [-0.1, -0.05) is 34.8 Å². The number of nitrogens with zero attached hydrogens (tertiary/aromatic N) is 3. The van der Waals surface area contributed by atoms with Crippen molar-refractivity contribution in [3.63, 3.8) is 0 Å². The van der Waals surface area contributed by atoms with Gasteiger partial charge >= 0.3 is 0 Å². The van der Waals surface area contributed by atoms with Crippen LogP contribution in [0.4, 0.5) is 11.9 Å². The van der Waals surface area contributed by atoms with Crippen LogP contribution in [-0.2, 0) is 11.2 Å². The second kappa shape index (κ2) is 7.81. The van der Waals surface area contributed by atoms with Crippen LogP contribution in [0.3, 0.4) is 0 Å². The predicted octanol–water partition coefficient (Wildman–Crippen LogP) is 3.77. The van der Waals surface area contributed by atoms with Gasteiger partial charge in [-0.3, -0.25) is 4.79 Å². The van der Waals surface area contributed by atoms with E-state index in [1.165, 1.54) is 0 Å². The molecule has 3 rings (SSSR count). The lowest BCUT2D eigenvalue weighted by atomic mass is 9.90. The molecule has 9 heteroatoms. The third kappa shape index (κ3) is 4.57. The summed E-state index contributed by atoms with van der Waals surface area (Å²) in [6, 6.07) is 3.25. The molecule has 2 heterocycles. The Morgan fingerprint density at radius 2 is 1.88 bits per heavy atom. The number of rotatable bonds is 5. The summed E-state index contributed by atoms with van der Waals surface area (Å²) in [5.41, 5.74) is 6.27. The number of benzene rings is 1. The zero-order valence-corrected chi connectivity index (χ0v) is 15.7. The molecular weight excluding hydrogens is 385 g/mol. The van der Waals surface area contributed by atoms with Gasteiger partial charge in [0.2, 0.25) is 11.9 Å². The maximum absolute atomic E-state index is 12.4. The van der Waals surface area contributed by atoms with Crippen molar-refractivity contribution >= 4 is 52.5 Å². The molecule has 6 nitrogen and oxygen atoms in total. The van der Waals surface area contributed by atoms with Crippen molar-refractivity contribution in [1.29, 1.82) is 0 Å². The number of carbonyl (C=O) groups excluding carboxylic acids is 1. The molecular formula is C16H18Cl3N5O. The van der Waals surface area contributed by atoms with E-state index in [0.29, 0.717) is 39.3 Å². The average molecular weight is 403 g/mol. The molecule has 2 aromatic rings. The first-order chi connectivity index (χ1) is 11.9. The molecule has 0 atom stereocenters. The third-order valence-electron chi connectivity index (χ3n) is 4.38. The predicted molar refractivity (Wildman–Crippen MR) is 101 cm³/mol. The quantitative estimate of drug-likeness (QED) is 0.743. The lowest BCUT2D eigenvalue weighted by molar-refractivity contribution is -0.119. The molecule has 1 aromatic carbocycles. The molecule has 1 aliphatic rings. The maximum atomic E-state index is 12.4. The molecule has 1 saturated heterocycles. The van der Waals surface area contributed by atoms with Gasteiger partial charge in [-0.05, 0) is 36.5 Å². The van der Waals surface area contributed by atoms with Gasteiger partial charge in [0.1, 0.15) is 5.78 Å². The Kier molecular flexibility index (Phi) is 5.71. The molecule has 0 amide bonds. The minimum atomic E-state index is 0.154. The fraction of sp³-hybridized carbons (Fsp3) is 0.438. The van der Waals surface area contributed by atoms with E-state index < -0.39 is 0 Å². The summed E-state index contributed by atoms with van der Waals surface area (Å²) in [4.78, 5) is 18.6. The highest BCUT2D eigenvalue weighted by molar-refractivity contribution is 6.43. The van der Waals surface area contributed by atoms with E-state index in [4.69, 9.17) is 40.5 Å². The molecule has 1 aliphatic heterocycles. The first-order valence-corrected chi connectivity index (χ1v) is 9.13. The number of Topliss-reactive ketones (excluding diaryl/α,β-unsaturated/α-hetero) is 1. The Hall–Kier alpha value is -1.50. The number of ketones is 1. The standard InChI is InChI=1S/C16H18Cl3N5O/c17-12-8-14(19)13(18)7-10(12)6-11(25)5-9-1-3-24(4-2-9)16-21-15(20)22-23-16/h7-9H,1-6H2,(H3,20,21,22,23). The summed E-state index contributed by atoms with van der Waals surface area (Å²) >= 11 is 18.1. The second-order valence-corrected chi connectivity index (χ2v) is 7.45. The molecule has 134 valence electrons. The van der Waals surface area contributed by atoms with Gasteiger partial charge in [0.15, 0.2) is 0 Å². The number of piperidine rings is 1. The van der Waals surface area contributed by atoms with Gasteiger partial charge < -0.3 is 10.6 Å². The van der Waals surface area contributed by atoms with Gasteiger partial charge in [-0.15, -0.1) is 5.10 Å². The van der Waals surface area contributed by atoms with Crippen LogP contribution < -0.4 is 10.6 Å². The highest BCUT2D eigenvalue weighted by atomic mass is 35.5. The van der Waals surface area contributed by atoms with Crippen molar-refractivity contribution in [3.8, 4) is 0 Å².